The molecular weight excluding hydrogens is 292 g/mol. The third kappa shape index (κ3) is 3.00. The van der Waals surface area contributed by atoms with Crippen molar-refractivity contribution in [2.24, 2.45) is 0 Å². The lowest BCUT2D eigenvalue weighted by atomic mass is 10.1. The summed E-state index contributed by atoms with van der Waals surface area (Å²) in [5, 5.41) is 11.0. The van der Waals surface area contributed by atoms with Crippen molar-refractivity contribution < 1.29 is 29.0 Å². The minimum absolute atomic E-state index is 0.00142. The van der Waals surface area contributed by atoms with Gasteiger partial charge in [-0.2, -0.15) is 0 Å². The van der Waals surface area contributed by atoms with Gasteiger partial charge in [0.25, 0.3) is 5.91 Å². The largest absolute Gasteiger partial charge is 0.493 e. The van der Waals surface area contributed by atoms with Crippen molar-refractivity contribution in [2.75, 3.05) is 20.8 Å². The summed E-state index contributed by atoms with van der Waals surface area (Å²) >= 11 is 0. The van der Waals surface area contributed by atoms with E-state index in [9.17, 15) is 14.4 Å². The van der Waals surface area contributed by atoms with Crippen LogP contribution in [0.15, 0.2) is 23.9 Å². The maximum absolute atomic E-state index is 12.0. The fourth-order valence-corrected chi connectivity index (χ4v) is 1.96. The van der Waals surface area contributed by atoms with Crippen LogP contribution in [0.2, 0.25) is 0 Å². The number of benzene rings is 1. The molecule has 1 heterocycles. The van der Waals surface area contributed by atoms with Crippen molar-refractivity contribution in [3.05, 3.63) is 29.5 Å². The number of hydrogen-bond acceptors (Lipinski definition) is 5. The second kappa shape index (κ2) is 6.17. The lowest BCUT2D eigenvalue weighted by Gasteiger charge is -2.08. The Morgan fingerprint density at radius 2 is 1.95 bits per heavy atom. The van der Waals surface area contributed by atoms with Crippen LogP contribution in [0.5, 0.6) is 11.5 Å². The Balaban J connectivity index is 2.28. The van der Waals surface area contributed by atoms with E-state index in [2.05, 4.69) is 5.32 Å². The Labute approximate surface area is 125 Å². The lowest BCUT2D eigenvalue weighted by molar-refractivity contribution is -0.140. The summed E-state index contributed by atoms with van der Waals surface area (Å²) in [6.45, 7) is -0.687. The molecule has 1 aliphatic heterocycles. The van der Waals surface area contributed by atoms with Gasteiger partial charge in [-0.15, -0.1) is 0 Å². The Hall–Kier alpha value is -3.03. The van der Waals surface area contributed by atoms with Gasteiger partial charge >= 0.3 is 12.0 Å². The van der Waals surface area contributed by atoms with Gasteiger partial charge in [0.05, 0.1) is 14.2 Å². The van der Waals surface area contributed by atoms with Crippen LogP contribution < -0.4 is 14.8 Å². The SMILES string of the molecule is COc1ccc(/C=C2/NC(=O)N(CC(=O)O)C2=O)cc1OC. The summed E-state index contributed by atoms with van der Waals surface area (Å²) < 4.78 is 10.3. The molecule has 2 N–H and O–H groups in total. The average molecular weight is 306 g/mol. The number of carboxylic acid groups (broad SMARTS) is 1. The number of carbonyl (C=O) groups excluding carboxylic acids is 2. The average Bonchev–Trinajstić information content (AvgIpc) is 2.74. The molecule has 0 saturated carbocycles. The van der Waals surface area contributed by atoms with Crippen molar-refractivity contribution in [1.82, 2.24) is 10.2 Å². The summed E-state index contributed by atoms with van der Waals surface area (Å²) in [4.78, 5) is 34.8. The van der Waals surface area contributed by atoms with Crippen molar-refractivity contribution in [3.8, 4) is 11.5 Å². The predicted molar refractivity (Wildman–Crippen MR) is 75.4 cm³/mol. The lowest BCUT2D eigenvalue weighted by Crippen LogP contribution is -2.35. The number of imide groups is 1. The summed E-state index contributed by atoms with van der Waals surface area (Å²) in [5.41, 5.74) is 0.594. The number of aliphatic carboxylic acids is 1. The molecule has 1 aromatic rings. The first-order valence-electron chi connectivity index (χ1n) is 6.24. The van der Waals surface area contributed by atoms with Crippen LogP contribution in [0, 0.1) is 0 Å². The predicted octanol–water partition coefficient (Wildman–Crippen LogP) is 0.681. The molecule has 1 aromatic carbocycles. The number of nitrogens with zero attached hydrogens (tertiary/aromatic N) is 1. The summed E-state index contributed by atoms with van der Waals surface area (Å²) in [5.74, 6) is -0.965. The van der Waals surface area contributed by atoms with E-state index in [4.69, 9.17) is 14.6 Å². The monoisotopic (exact) mass is 306 g/mol. The van der Waals surface area contributed by atoms with Gasteiger partial charge in [-0.3, -0.25) is 9.59 Å². The molecular formula is C14H14N2O6. The molecule has 0 unspecified atom stereocenters. The van der Waals surface area contributed by atoms with Crippen molar-refractivity contribution in [1.29, 1.82) is 0 Å². The molecule has 8 heteroatoms. The molecule has 1 fully saturated rings. The highest BCUT2D eigenvalue weighted by Gasteiger charge is 2.34. The van der Waals surface area contributed by atoms with Crippen LogP contribution in [-0.2, 0) is 9.59 Å². The third-order valence-electron chi connectivity index (χ3n) is 2.97. The molecule has 0 bridgehead atoms. The number of ether oxygens (including phenoxy) is 2. The van der Waals surface area contributed by atoms with Gasteiger partial charge in [-0.25, -0.2) is 9.69 Å². The molecule has 3 amide bonds. The van der Waals surface area contributed by atoms with Crippen LogP contribution in [0.4, 0.5) is 4.79 Å². The Kier molecular flexibility index (Phi) is 4.31. The van der Waals surface area contributed by atoms with Gasteiger partial charge in [0.1, 0.15) is 12.2 Å². The maximum Gasteiger partial charge on any atom is 0.329 e. The van der Waals surface area contributed by atoms with E-state index >= 15 is 0 Å². The second-order valence-corrected chi connectivity index (χ2v) is 4.39. The summed E-state index contributed by atoms with van der Waals surface area (Å²) in [7, 11) is 2.98. The first-order chi connectivity index (χ1) is 10.5. The molecule has 8 nitrogen and oxygen atoms in total. The molecule has 0 aromatic heterocycles. The molecule has 2 rings (SSSR count). The smallest absolute Gasteiger partial charge is 0.329 e. The van der Waals surface area contributed by atoms with Gasteiger partial charge in [-0.1, -0.05) is 6.07 Å². The van der Waals surface area contributed by atoms with Crippen molar-refractivity contribution in [2.45, 2.75) is 0 Å². The number of carboxylic acids is 1. The van der Waals surface area contributed by atoms with Crippen LogP contribution >= 0.6 is 0 Å². The Morgan fingerprint density at radius 3 is 2.55 bits per heavy atom. The second-order valence-electron chi connectivity index (χ2n) is 4.39. The van der Waals surface area contributed by atoms with Gasteiger partial charge in [0, 0.05) is 0 Å². The number of nitrogens with one attached hydrogen (secondary N) is 1. The minimum atomic E-state index is -1.27. The quantitative estimate of drug-likeness (QED) is 0.612. The normalized spacial score (nSPS) is 15.9. The number of urea groups is 1. The van der Waals surface area contributed by atoms with Crippen LogP contribution in [-0.4, -0.2) is 48.7 Å². The fraction of sp³-hybridized carbons (Fsp3) is 0.214. The number of rotatable bonds is 5. The van der Waals surface area contributed by atoms with E-state index in [0.717, 1.165) is 0 Å². The minimum Gasteiger partial charge on any atom is -0.493 e. The van der Waals surface area contributed by atoms with Crippen molar-refractivity contribution in [3.63, 3.8) is 0 Å². The molecule has 1 saturated heterocycles. The zero-order valence-electron chi connectivity index (χ0n) is 12.0. The first kappa shape index (κ1) is 15.4. The highest BCUT2D eigenvalue weighted by Crippen LogP contribution is 2.28. The van der Waals surface area contributed by atoms with E-state index in [0.29, 0.717) is 22.0 Å². The Morgan fingerprint density at radius 1 is 1.27 bits per heavy atom. The van der Waals surface area contributed by atoms with Crippen LogP contribution in [0.25, 0.3) is 6.08 Å². The number of amides is 3. The van der Waals surface area contributed by atoms with Crippen molar-refractivity contribution >= 4 is 24.0 Å². The summed E-state index contributed by atoms with van der Waals surface area (Å²) in [6, 6.07) is 4.19. The number of carbonyl (C=O) groups is 3. The highest BCUT2D eigenvalue weighted by molar-refractivity contribution is 6.15. The van der Waals surface area contributed by atoms with E-state index in [1.165, 1.54) is 20.3 Å². The summed E-state index contributed by atoms with van der Waals surface area (Å²) in [6.07, 6.45) is 1.43. The van der Waals surface area contributed by atoms with E-state index < -0.39 is 24.5 Å². The molecule has 116 valence electrons. The van der Waals surface area contributed by atoms with Gasteiger partial charge in [0.15, 0.2) is 11.5 Å². The van der Waals surface area contributed by atoms with E-state index in [1.54, 1.807) is 18.2 Å². The zero-order valence-corrected chi connectivity index (χ0v) is 12.0. The molecule has 0 atom stereocenters. The number of hydrogen-bond donors (Lipinski definition) is 2. The third-order valence-corrected chi connectivity index (χ3v) is 2.97. The molecule has 0 aliphatic carbocycles. The maximum atomic E-state index is 12.0. The van der Waals surface area contributed by atoms with Gasteiger partial charge in [0.2, 0.25) is 0 Å². The van der Waals surface area contributed by atoms with Crippen LogP contribution in [0.1, 0.15) is 5.56 Å². The molecule has 0 radical (unpaired) electrons. The van der Waals surface area contributed by atoms with Crippen LogP contribution in [0.3, 0.4) is 0 Å². The fourth-order valence-electron chi connectivity index (χ4n) is 1.96. The Bertz CT molecular complexity index is 667. The topological polar surface area (TPSA) is 105 Å². The molecule has 1 aliphatic rings. The zero-order chi connectivity index (χ0) is 16.3. The standard InChI is InChI=1S/C14H14N2O6/c1-21-10-4-3-8(6-11(10)22-2)5-9-13(19)16(7-12(17)18)14(20)15-9/h3-6H,7H2,1-2H3,(H,15,20)(H,17,18)/b9-5+. The van der Waals surface area contributed by atoms with E-state index in [1.807, 2.05) is 0 Å². The highest BCUT2D eigenvalue weighted by atomic mass is 16.5. The van der Waals surface area contributed by atoms with E-state index in [-0.39, 0.29) is 5.70 Å². The molecule has 0 spiro atoms. The van der Waals surface area contributed by atoms with Gasteiger partial charge in [-0.05, 0) is 23.8 Å². The van der Waals surface area contributed by atoms with Gasteiger partial charge < -0.3 is 19.9 Å². The molecule has 22 heavy (non-hydrogen) atoms. The number of methoxy groups -OCH3 is 2. The first-order valence-corrected chi connectivity index (χ1v) is 6.24.